The third kappa shape index (κ3) is 3.35. The Kier molecular flexibility index (Phi) is 4.82. The molecule has 2 heteroatoms. The van der Waals surface area contributed by atoms with Gasteiger partial charge in [0, 0.05) is 0 Å². The zero-order chi connectivity index (χ0) is 15.4. The first-order valence-electron chi connectivity index (χ1n) is 7.23. The molecular formula is C20H16Cl2. The number of hydrogen-bond acceptors (Lipinski definition) is 0. The van der Waals surface area contributed by atoms with Crippen LogP contribution in [0.4, 0.5) is 0 Å². The molecule has 0 amide bonds. The predicted octanol–water partition coefficient (Wildman–Crippen LogP) is 6.34. The topological polar surface area (TPSA) is 0 Å². The lowest BCUT2D eigenvalue weighted by Gasteiger charge is -2.14. The number of rotatable bonds is 4. The molecule has 0 radical (unpaired) electrons. The van der Waals surface area contributed by atoms with Crippen molar-refractivity contribution in [3.63, 3.8) is 0 Å². The predicted molar refractivity (Wildman–Crippen MR) is 94.7 cm³/mol. The van der Waals surface area contributed by atoms with Crippen LogP contribution in [0.2, 0.25) is 0 Å². The minimum Gasteiger partial charge on any atom is -0.113 e. The van der Waals surface area contributed by atoms with Crippen LogP contribution >= 0.6 is 23.2 Å². The fraction of sp³-hybridized carbons (Fsp3) is 0.100. The lowest BCUT2D eigenvalue weighted by molar-refractivity contribution is 1.10. The number of hydrogen-bond donors (Lipinski definition) is 0. The average Bonchev–Trinajstić information content (AvgIpc) is 2.62. The fourth-order valence-electron chi connectivity index (χ4n) is 2.46. The molecule has 0 aromatic heterocycles. The van der Waals surface area contributed by atoms with Gasteiger partial charge in [-0.1, -0.05) is 84.9 Å². The first-order valence-corrected chi connectivity index (χ1v) is 8.11. The molecule has 2 unspecified atom stereocenters. The second-order valence-corrected chi connectivity index (χ2v) is 6.09. The lowest BCUT2D eigenvalue weighted by atomic mass is 10.00. The van der Waals surface area contributed by atoms with Crippen molar-refractivity contribution in [2.75, 3.05) is 0 Å². The van der Waals surface area contributed by atoms with E-state index in [1.165, 1.54) is 0 Å². The SMILES string of the molecule is ClC(c1ccccc1)c1ccc(C(Cl)c2ccccc2)cc1. The monoisotopic (exact) mass is 326 g/mol. The summed E-state index contributed by atoms with van der Waals surface area (Å²) in [5.74, 6) is 0. The second kappa shape index (κ2) is 7.00. The molecule has 0 spiro atoms. The summed E-state index contributed by atoms with van der Waals surface area (Å²) in [5.41, 5.74) is 4.35. The molecule has 3 aromatic carbocycles. The van der Waals surface area contributed by atoms with Crippen molar-refractivity contribution in [2.45, 2.75) is 10.8 Å². The number of halogens is 2. The van der Waals surface area contributed by atoms with Crippen LogP contribution in [-0.2, 0) is 0 Å². The van der Waals surface area contributed by atoms with Gasteiger partial charge in [-0.05, 0) is 22.3 Å². The maximum Gasteiger partial charge on any atom is 0.0835 e. The maximum atomic E-state index is 6.55. The smallest absolute Gasteiger partial charge is 0.0835 e. The summed E-state index contributed by atoms with van der Waals surface area (Å²) in [5, 5.41) is -0.276. The Morgan fingerprint density at radius 1 is 0.409 bits per heavy atom. The van der Waals surface area contributed by atoms with E-state index in [1.54, 1.807) is 0 Å². The molecule has 110 valence electrons. The molecule has 0 aliphatic rings. The third-order valence-corrected chi connectivity index (χ3v) is 4.71. The first kappa shape index (κ1) is 15.1. The zero-order valence-corrected chi connectivity index (χ0v) is 13.5. The van der Waals surface area contributed by atoms with Crippen LogP contribution in [0.3, 0.4) is 0 Å². The molecular weight excluding hydrogens is 311 g/mol. The van der Waals surface area contributed by atoms with Crippen molar-refractivity contribution in [1.82, 2.24) is 0 Å². The summed E-state index contributed by atoms with van der Waals surface area (Å²) in [6.07, 6.45) is 0. The quantitative estimate of drug-likeness (QED) is 0.490. The van der Waals surface area contributed by atoms with Gasteiger partial charge in [0.2, 0.25) is 0 Å². The molecule has 2 atom stereocenters. The van der Waals surface area contributed by atoms with Gasteiger partial charge in [-0.2, -0.15) is 0 Å². The molecule has 0 saturated carbocycles. The number of benzene rings is 3. The Morgan fingerprint density at radius 3 is 1.00 bits per heavy atom. The van der Waals surface area contributed by atoms with Crippen molar-refractivity contribution in [1.29, 1.82) is 0 Å². The van der Waals surface area contributed by atoms with E-state index in [1.807, 2.05) is 60.7 Å². The van der Waals surface area contributed by atoms with E-state index in [9.17, 15) is 0 Å². The second-order valence-electron chi connectivity index (χ2n) is 5.21. The van der Waals surface area contributed by atoms with Gasteiger partial charge in [-0.25, -0.2) is 0 Å². The summed E-state index contributed by atoms with van der Waals surface area (Å²) in [4.78, 5) is 0. The van der Waals surface area contributed by atoms with E-state index in [2.05, 4.69) is 24.3 Å². The van der Waals surface area contributed by atoms with Crippen LogP contribution in [-0.4, -0.2) is 0 Å². The van der Waals surface area contributed by atoms with Gasteiger partial charge < -0.3 is 0 Å². The average molecular weight is 327 g/mol. The minimum atomic E-state index is -0.138. The van der Waals surface area contributed by atoms with Crippen LogP contribution in [0, 0.1) is 0 Å². The fourth-order valence-corrected chi connectivity index (χ4v) is 3.04. The minimum absolute atomic E-state index is 0.138. The molecule has 0 saturated heterocycles. The van der Waals surface area contributed by atoms with Crippen LogP contribution in [0.1, 0.15) is 33.0 Å². The highest BCUT2D eigenvalue weighted by Crippen LogP contribution is 2.32. The molecule has 3 aromatic rings. The van der Waals surface area contributed by atoms with Gasteiger partial charge in [0.15, 0.2) is 0 Å². The number of alkyl halides is 2. The Bertz CT molecular complexity index is 641. The van der Waals surface area contributed by atoms with Gasteiger partial charge in [-0.3, -0.25) is 0 Å². The maximum absolute atomic E-state index is 6.55. The lowest BCUT2D eigenvalue weighted by Crippen LogP contribution is -1.96. The molecule has 0 aliphatic heterocycles. The van der Waals surface area contributed by atoms with Gasteiger partial charge in [0.1, 0.15) is 0 Å². The summed E-state index contributed by atoms with van der Waals surface area (Å²) in [6, 6.07) is 28.4. The van der Waals surface area contributed by atoms with Crippen molar-refractivity contribution in [3.8, 4) is 0 Å². The van der Waals surface area contributed by atoms with Crippen LogP contribution < -0.4 is 0 Å². The van der Waals surface area contributed by atoms with Crippen molar-refractivity contribution < 1.29 is 0 Å². The summed E-state index contributed by atoms with van der Waals surface area (Å²) >= 11 is 13.1. The van der Waals surface area contributed by atoms with Crippen molar-refractivity contribution >= 4 is 23.2 Å². The summed E-state index contributed by atoms with van der Waals surface area (Å²) in [6.45, 7) is 0. The molecule has 3 rings (SSSR count). The molecule has 0 aliphatic carbocycles. The molecule has 0 N–H and O–H groups in total. The first-order chi connectivity index (χ1) is 10.8. The van der Waals surface area contributed by atoms with Gasteiger partial charge in [0.05, 0.1) is 10.8 Å². The molecule has 0 heterocycles. The largest absolute Gasteiger partial charge is 0.113 e. The Hall–Kier alpha value is -1.76. The van der Waals surface area contributed by atoms with Gasteiger partial charge >= 0.3 is 0 Å². The van der Waals surface area contributed by atoms with Crippen molar-refractivity contribution in [3.05, 3.63) is 107 Å². The molecule has 0 fully saturated rings. The molecule has 22 heavy (non-hydrogen) atoms. The molecule has 0 nitrogen and oxygen atoms in total. The van der Waals surface area contributed by atoms with E-state index in [0.29, 0.717) is 0 Å². The van der Waals surface area contributed by atoms with E-state index in [-0.39, 0.29) is 10.8 Å². The summed E-state index contributed by atoms with van der Waals surface area (Å²) in [7, 11) is 0. The Balaban J connectivity index is 1.81. The van der Waals surface area contributed by atoms with Crippen molar-refractivity contribution in [2.24, 2.45) is 0 Å². The van der Waals surface area contributed by atoms with Crippen LogP contribution in [0.15, 0.2) is 84.9 Å². The normalized spacial score (nSPS) is 13.5. The standard InChI is InChI=1S/C20H16Cl2/c21-19(15-7-3-1-4-8-15)17-11-13-18(14-12-17)20(22)16-9-5-2-6-10-16/h1-14,19-20H. The van der Waals surface area contributed by atoms with Crippen LogP contribution in [0.25, 0.3) is 0 Å². The Labute approximate surface area is 141 Å². The zero-order valence-electron chi connectivity index (χ0n) is 12.0. The summed E-state index contributed by atoms with van der Waals surface area (Å²) < 4.78 is 0. The van der Waals surface area contributed by atoms with Crippen LogP contribution in [0.5, 0.6) is 0 Å². The molecule has 0 bridgehead atoms. The Morgan fingerprint density at radius 2 is 0.682 bits per heavy atom. The highest BCUT2D eigenvalue weighted by molar-refractivity contribution is 6.23. The van der Waals surface area contributed by atoms with Gasteiger partial charge in [-0.15, -0.1) is 23.2 Å². The van der Waals surface area contributed by atoms with E-state index in [4.69, 9.17) is 23.2 Å². The van der Waals surface area contributed by atoms with E-state index < -0.39 is 0 Å². The highest BCUT2D eigenvalue weighted by atomic mass is 35.5. The third-order valence-electron chi connectivity index (χ3n) is 3.71. The van der Waals surface area contributed by atoms with Gasteiger partial charge in [0.25, 0.3) is 0 Å². The van der Waals surface area contributed by atoms with E-state index >= 15 is 0 Å². The highest BCUT2D eigenvalue weighted by Gasteiger charge is 2.13. The van der Waals surface area contributed by atoms with E-state index in [0.717, 1.165) is 22.3 Å².